The molecule has 2 aromatic carbocycles. The molecular weight excluding hydrogens is 424 g/mol. The van der Waals surface area contributed by atoms with E-state index >= 15 is 0 Å². The number of aromatic nitrogens is 4. The maximum atomic E-state index is 12.9. The summed E-state index contributed by atoms with van der Waals surface area (Å²) in [6.07, 6.45) is 4.10. The van der Waals surface area contributed by atoms with Gasteiger partial charge in [-0.25, -0.2) is 0 Å². The molecule has 1 aliphatic rings. The summed E-state index contributed by atoms with van der Waals surface area (Å²) in [4.78, 5) is 21.9. The SMILES string of the molecule is NCC1CCN(Cc2ccc3[nH]c(-c4cc5cc(-c6ccn[nH]6)ccc5[nH]c4=O)cc3c2)CC1. The second-order valence-electron chi connectivity index (χ2n) is 9.34. The van der Waals surface area contributed by atoms with Crippen LogP contribution in [0.1, 0.15) is 18.4 Å². The molecule has 0 amide bonds. The van der Waals surface area contributed by atoms with Crippen LogP contribution in [0.15, 0.2) is 65.6 Å². The van der Waals surface area contributed by atoms with E-state index in [9.17, 15) is 4.79 Å². The van der Waals surface area contributed by atoms with E-state index in [4.69, 9.17) is 5.73 Å². The van der Waals surface area contributed by atoms with Crippen molar-refractivity contribution in [1.29, 1.82) is 0 Å². The Bertz CT molecular complexity index is 1510. The Morgan fingerprint density at radius 1 is 0.912 bits per heavy atom. The lowest BCUT2D eigenvalue weighted by molar-refractivity contribution is 0.180. The Morgan fingerprint density at radius 3 is 2.50 bits per heavy atom. The van der Waals surface area contributed by atoms with Gasteiger partial charge in [0.2, 0.25) is 0 Å². The number of pyridine rings is 1. The second kappa shape index (κ2) is 8.59. The van der Waals surface area contributed by atoms with E-state index in [1.165, 1.54) is 18.4 Å². The van der Waals surface area contributed by atoms with Gasteiger partial charge in [-0.3, -0.25) is 14.8 Å². The first-order valence-electron chi connectivity index (χ1n) is 11.9. The summed E-state index contributed by atoms with van der Waals surface area (Å²) >= 11 is 0. The van der Waals surface area contributed by atoms with Gasteiger partial charge in [0.1, 0.15) is 0 Å². The molecule has 1 aliphatic heterocycles. The fraction of sp³-hybridized carbons (Fsp3) is 0.259. The summed E-state index contributed by atoms with van der Waals surface area (Å²) in [7, 11) is 0. The van der Waals surface area contributed by atoms with Gasteiger partial charge in [-0.1, -0.05) is 12.1 Å². The van der Waals surface area contributed by atoms with E-state index in [-0.39, 0.29) is 5.56 Å². The van der Waals surface area contributed by atoms with Gasteiger partial charge < -0.3 is 15.7 Å². The van der Waals surface area contributed by atoms with Crippen molar-refractivity contribution in [3.63, 3.8) is 0 Å². The quantitative estimate of drug-likeness (QED) is 0.320. The topological polar surface area (TPSA) is 107 Å². The normalized spacial score (nSPS) is 15.4. The van der Waals surface area contributed by atoms with Gasteiger partial charge >= 0.3 is 0 Å². The predicted octanol–water partition coefficient (Wildman–Crippen LogP) is 4.24. The largest absolute Gasteiger partial charge is 0.354 e. The number of nitrogens with zero attached hydrogens (tertiary/aromatic N) is 2. The summed E-state index contributed by atoms with van der Waals surface area (Å²) in [6, 6.07) is 18.5. The average Bonchev–Trinajstić information content (AvgIpc) is 3.54. The van der Waals surface area contributed by atoms with Crippen LogP contribution in [-0.4, -0.2) is 44.7 Å². The number of hydrogen-bond acceptors (Lipinski definition) is 4. The highest BCUT2D eigenvalue weighted by molar-refractivity contribution is 5.90. The zero-order chi connectivity index (χ0) is 23.1. The van der Waals surface area contributed by atoms with Crippen LogP contribution in [0, 0.1) is 5.92 Å². The van der Waals surface area contributed by atoms with E-state index in [0.29, 0.717) is 11.5 Å². The molecule has 0 spiro atoms. The molecule has 6 rings (SSSR count). The minimum Gasteiger partial charge on any atom is -0.354 e. The van der Waals surface area contributed by atoms with Gasteiger partial charge in [0.15, 0.2) is 0 Å². The molecule has 7 heteroatoms. The third kappa shape index (κ3) is 3.93. The molecule has 0 aliphatic carbocycles. The van der Waals surface area contributed by atoms with Crippen molar-refractivity contribution < 1.29 is 0 Å². The highest BCUT2D eigenvalue weighted by Gasteiger charge is 2.18. The van der Waals surface area contributed by atoms with Crippen LogP contribution in [0.25, 0.3) is 44.3 Å². The van der Waals surface area contributed by atoms with Gasteiger partial charge in [-0.2, -0.15) is 5.10 Å². The number of nitrogens with one attached hydrogen (secondary N) is 3. The maximum Gasteiger partial charge on any atom is 0.257 e. The zero-order valence-electron chi connectivity index (χ0n) is 19.0. The molecule has 1 saturated heterocycles. The van der Waals surface area contributed by atoms with Crippen LogP contribution in [0.5, 0.6) is 0 Å². The molecule has 5 N–H and O–H groups in total. The lowest BCUT2D eigenvalue weighted by atomic mass is 9.97. The minimum absolute atomic E-state index is 0.101. The third-order valence-corrected chi connectivity index (χ3v) is 7.08. The van der Waals surface area contributed by atoms with Gasteiger partial charge in [-0.05, 0) is 91.8 Å². The Hall–Kier alpha value is -3.68. The first-order valence-corrected chi connectivity index (χ1v) is 11.9. The van der Waals surface area contributed by atoms with Crippen LogP contribution < -0.4 is 11.3 Å². The maximum absolute atomic E-state index is 12.9. The lowest BCUT2D eigenvalue weighted by Crippen LogP contribution is -2.35. The Kier molecular flexibility index (Phi) is 5.28. The number of piperidine rings is 1. The lowest BCUT2D eigenvalue weighted by Gasteiger charge is -2.31. The zero-order valence-corrected chi connectivity index (χ0v) is 19.0. The molecule has 0 unspecified atom stereocenters. The molecule has 0 saturated carbocycles. The Labute approximate surface area is 197 Å². The fourth-order valence-corrected chi connectivity index (χ4v) is 5.05. The third-order valence-electron chi connectivity index (χ3n) is 7.08. The molecule has 5 aromatic rings. The molecule has 3 aromatic heterocycles. The van der Waals surface area contributed by atoms with Crippen LogP contribution in [0.2, 0.25) is 0 Å². The van der Waals surface area contributed by atoms with Crippen molar-refractivity contribution >= 4 is 21.8 Å². The number of hydrogen-bond donors (Lipinski definition) is 4. The van der Waals surface area contributed by atoms with Gasteiger partial charge in [0.25, 0.3) is 5.56 Å². The summed E-state index contributed by atoms with van der Waals surface area (Å²) in [6.45, 7) is 3.95. The predicted molar refractivity (Wildman–Crippen MR) is 136 cm³/mol. The highest BCUT2D eigenvalue weighted by atomic mass is 16.1. The fourth-order valence-electron chi connectivity index (χ4n) is 5.05. The van der Waals surface area contributed by atoms with Gasteiger partial charge in [0, 0.05) is 34.7 Å². The molecule has 0 radical (unpaired) electrons. The Morgan fingerprint density at radius 2 is 1.71 bits per heavy atom. The van der Waals surface area contributed by atoms with Crippen molar-refractivity contribution in [3.8, 4) is 22.5 Å². The number of fused-ring (bicyclic) bond motifs is 2. The second-order valence-corrected chi connectivity index (χ2v) is 9.34. The summed E-state index contributed by atoms with van der Waals surface area (Å²) in [5, 5.41) is 9.13. The highest BCUT2D eigenvalue weighted by Crippen LogP contribution is 2.27. The first kappa shape index (κ1) is 20.9. The van der Waals surface area contributed by atoms with E-state index in [1.54, 1.807) is 6.20 Å². The van der Waals surface area contributed by atoms with Crippen molar-refractivity contribution in [1.82, 2.24) is 25.1 Å². The molecular formula is C27H28N6O. The van der Waals surface area contributed by atoms with Crippen LogP contribution >= 0.6 is 0 Å². The summed E-state index contributed by atoms with van der Waals surface area (Å²) in [5.74, 6) is 0.668. The monoisotopic (exact) mass is 452 g/mol. The smallest absolute Gasteiger partial charge is 0.257 e. The van der Waals surface area contributed by atoms with Crippen molar-refractivity contribution in [2.45, 2.75) is 19.4 Å². The number of H-pyrrole nitrogens is 3. The number of aromatic amines is 3. The Balaban J connectivity index is 1.30. The van der Waals surface area contributed by atoms with Gasteiger partial charge in [-0.15, -0.1) is 0 Å². The van der Waals surface area contributed by atoms with Crippen LogP contribution in [0.4, 0.5) is 0 Å². The van der Waals surface area contributed by atoms with Gasteiger partial charge in [0.05, 0.1) is 17.0 Å². The number of benzene rings is 2. The van der Waals surface area contributed by atoms with Crippen molar-refractivity contribution in [3.05, 3.63) is 76.7 Å². The number of rotatable bonds is 5. The first-order chi connectivity index (χ1) is 16.7. The molecule has 0 bridgehead atoms. The molecule has 172 valence electrons. The molecule has 4 heterocycles. The summed E-state index contributed by atoms with van der Waals surface area (Å²) < 4.78 is 0. The van der Waals surface area contributed by atoms with E-state index in [1.807, 2.05) is 24.3 Å². The molecule has 1 fully saturated rings. The molecule has 0 atom stereocenters. The number of nitrogens with two attached hydrogens (primary N) is 1. The molecule has 7 nitrogen and oxygen atoms in total. The van der Waals surface area contributed by atoms with Crippen molar-refractivity contribution in [2.24, 2.45) is 11.7 Å². The van der Waals surface area contributed by atoms with E-state index < -0.39 is 0 Å². The van der Waals surface area contributed by atoms with Crippen molar-refractivity contribution in [2.75, 3.05) is 19.6 Å². The van der Waals surface area contributed by atoms with E-state index in [2.05, 4.69) is 55.4 Å². The minimum atomic E-state index is -0.101. The number of likely N-dealkylation sites (tertiary alicyclic amines) is 1. The average molecular weight is 453 g/mol. The molecule has 34 heavy (non-hydrogen) atoms. The van der Waals surface area contributed by atoms with Crippen LogP contribution in [-0.2, 0) is 6.54 Å². The van der Waals surface area contributed by atoms with Crippen LogP contribution in [0.3, 0.4) is 0 Å². The standard InChI is InChI=1S/C27H28N6O/c28-15-17-6-9-33(10-7-17)16-18-1-3-23-20(11-18)14-26(30-23)22-13-21-12-19(25-5-8-29-32-25)2-4-24(21)31-27(22)34/h1-5,8,11-14,17,30H,6-7,9-10,15-16,28H2,(H,29,32)(H,31,34). The van der Waals surface area contributed by atoms with E-state index in [0.717, 1.165) is 64.9 Å². The summed E-state index contributed by atoms with van der Waals surface area (Å²) in [5.41, 5.74) is 12.3.